The summed E-state index contributed by atoms with van der Waals surface area (Å²) < 4.78 is 11.8. The fourth-order valence-electron chi connectivity index (χ4n) is 3.48. The van der Waals surface area contributed by atoms with Gasteiger partial charge in [0.05, 0.1) is 6.26 Å². The van der Waals surface area contributed by atoms with Gasteiger partial charge in [0.15, 0.2) is 0 Å². The molecule has 4 rings (SSSR count). The van der Waals surface area contributed by atoms with E-state index in [1.54, 1.807) is 6.26 Å². The molecule has 2 aromatic rings. The fourth-order valence-corrected chi connectivity index (χ4v) is 3.48. The Hall–Kier alpha value is -2.56. The van der Waals surface area contributed by atoms with Gasteiger partial charge in [-0.25, -0.2) is 0 Å². The molecule has 2 aromatic carbocycles. The van der Waals surface area contributed by atoms with Crippen molar-refractivity contribution in [1.82, 2.24) is 10.2 Å². The first-order valence-electron chi connectivity index (χ1n) is 12.0. The molecule has 0 aromatic heterocycles. The van der Waals surface area contributed by atoms with E-state index in [1.807, 2.05) is 32.0 Å². The number of rotatable bonds is 5. The molecule has 0 spiro atoms. The van der Waals surface area contributed by atoms with Crippen LogP contribution in [0.1, 0.15) is 50.8 Å². The molecule has 1 saturated heterocycles. The van der Waals surface area contributed by atoms with E-state index in [2.05, 4.69) is 61.8 Å². The van der Waals surface area contributed by atoms with Crippen LogP contribution >= 0.6 is 0 Å². The molecule has 174 valence electrons. The number of fused-ring (bicyclic) bond motifs is 1. The lowest BCUT2D eigenvalue weighted by Gasteiger charge is -2.27. The van der Waals surface area contributed by atoms with Gasteiger partial charge in [-0.05, 0) is 30.2 Å². The number of hydrogen-bond acceptors (Lipinski definition) is 4. The monoisotopic (exact) mass is 436 g/mol. The molecular weight excluding hydrogens is 396 g/mol. The molecule has 2 aliphatic heterocycles. The van der Waals surface area contributed by atoms with Crippen LogP contribution in [0.2, 0.25) is 0 Å². The molecule has 1 N–H and O–H groups in total. The minimum Gasteiger partial charge on any atom is -0.492 e. The van der Waals surface area contributed by atoms with Crippen molar-refractivity contribution >= 4 is 11.1 Å². The second-order valence-electron chi connectivity index (χ2n) is 7.80. The average molecular weight is 437 g/mol. The molecule has 0 radical (unpaired) electrons. The van der Waals surface area contributed by atoms with E-state index in [0.29, 0.717) is 6.61 Å². The van der Waals surface area contributed by atoms with Crippen molar-refractivity contribution in [3.63, 3.8) is 0 Å². The Labute approximate surface area is 194 Å². The Kier molecular flexibility index (Phi) is 11.1. The van der Waals surface area contributed by atoms with Crippen molar-refractivity contribution in [2.75, 3.05) is 39.3 Å². The second kappa shape index (κ2) is 13.8. The highest BCUT2D eigenvalue weighted by atomic mass is 16.5. The molecule has 0 aliphatic carbocycles. The maximum atomic E-state index is 5.94. The van der Waals surface area contributed by atoms with Crippen molar-refractivity contribution in [2.45, 2.75) is 41.0 Å². The lowest BCUT2D eigenvalue weighted by Crippen LogP contribution is -2.44. The molecule has 0 amide bonds. The Bertz CT molecular complexity index is 866. The number of nitrogens with zero attached hydrogens (tertiary/aromatic N) is 1. The largest absolute Gasteiger partial charge is 0.492 e. The zero-order valence-electron chi connectivity index (χ0n) is 20.5. The summed E-state index contributed by atoms with van der Waals surface area (Å²) in [7, 11) is 0. The molecular formula is C28H40N2O2. The summed E-state index contributed by atoms with van der Waals surface area (Å²) in [6.45, 7) is 20.5. The first-order chi connectivity index (χ1) is 15.6. The van der Waals surface area contributed by atoms with Crippen molar-refractivity contribution < 1.29 is 9.47 Å². The third kappa shape index (κ3) is 7.25. The first kappa shape index (κ1) is 25.7. The van der Waals surface area contributed by atoms with Gasteiger partial charge in [0.1, 0.15) is 18.1 Å². The molecule has 1 fully saturated rings. The summed E-state index contributed by atoms with van der Waals surface area (Å²) in [6.07, 6.45) is 3.04. The second-order valence-corrected chi connectivity index (χ2v) is 7.80. The molecule has 0 atom stereocenters. The number of aryl methyl sites for hydroxylation is 1. The van der Waals surface area contributed by atoms with Crippen molar-refractivity contribution in [3.8, 4) is 11.5 Å². The highest BCUT2D eigenvalue weighted by molar-refractivity contribution is 6.06. The number of hydrogen-bond donors (Lipinski definition) is 1. The van der Waals surface area contributed by atoms with Crippen LogP contribution in [0.4, 0.5) is 0 Å². The van der Waals surface area contributed by atoms with Gasteiger partial charge in [-0.2, -0.15) is 0 Å². The van der Waals surface area contributed by atoms with Crippen molar-refractivity contribution in [1.29, 1.82) is 0 Å². The smallest absolute Gasteiger partial charge is 0.138 e. The normalized spacial score (nSPS) is 15.2. The predicted octanol–water partition coefficient (Wildman–Crippen LogP) is 6.17. The maximum absolute atomic E-state index is 5.94. The molecule has 32 heavy (non-hydrogen) atoms. The number of nitrogens with one attached hydrogen (secondary N) is 1. The fraction of sp³-hybridized carbons (Fsp3) is 0.429. The summed E-state index contributed by atoms with van der Waals surface area (Å²) in [4.78, 5) is 2.42. The number of allylic oxidation sites excluding steroid dienone is 2. The number of benzene rings is 2. The molecule has 0 saturated carbocycles. The third-order valence-corrected chi connectivity index (χ3v) is 5.16. The molecule has 4 nitrogen and oxygen atoms in total. The van der Waals surface area contributed by atoms with E-state index in [-0.39, 0.29) is 0 Å². The van der Waals surface area contributed by atoms with E-state index in [4.69, 9.17) is 9.47 Å². The van der Waals surface area contributed by atoms with Gasteiger partial charge in [0.25, 0.3) is 0 Å². The number of ether oxygens (including phenoxy) is 2. The van der Waals surface area contributed by atoms with Crippen LogP contribution < -0.4 is 14.8 Å². The first-order valence-corrected chi connectivity index (χ1v) is 12.0. The molecule has 0 unspecified atom stereocenters. The highest BCUT2D eigenvalue weighted by Crippen LogP contribution is 2.40. The Morgan fingerprint density at radius 1 is 1.03 bits per heavy atom. The Balaban J connectivity index is 0.000000671. The lowest BCUT2D eigenvalue weighted by molar-refractivity contribution is 0.191. The van der Waals surface area contributed by atoms with Gasteiger partial charge in [0, 0.05) is 49.9 Å². The van der Waals surface area contributed by atoms with E-state index in [9.17, 15) is 0 Å². The molecule has 2 aliphatic rings. The SMILES string of the molecule is C=C1C(c2ccc(C)cc2)=COc2cc(OCCN3CCNCC3)ccc21.CC.CCC. The number of piperazine rings is 1. The summed E-state index contributed by atoms with van der Waals surface area (Å²) in [5, 5.41) is 3.37. The van der Waals surface area contributed by atoms with Crippen LogP contribution in [-0.4, -0.2) is 44.2 Å². The minimum atomic E-state index is 0.685. The van der Waals surface area contributed by atoms with Gasteiger partial charge in [-0.3, -0.25) is 4.90 Å². The zero-order chi connectivity index (χ0) is 23.3. The maximum Gasteiger partial charge on any atom is 0.138 e. The predicted molar refractivity (Wildman–Crippen MR) is 137 cm³/mol. The topological polar surface area (TPSA) is 33.7 Å². The van der Waals surface area contributed by atoms with E-state index in [1.165, 1.54) is 12.0 Å². The average Bonchev–Trinajstić information content (AvgIpc) is 2.83. The van der Waals surface area contributed by atoms with Gasteiger partial charge < -0.3 is 14.8 Å². The van der Waals surface area contributed by atoms with Crippen LogP contribution in [0.25, 0.3) is 11.1 Å². The van der Waals surface area contributed by atoms with Crippen LogP contribution in [0.5, 0.6) is 11.5 Å². The van der Waals surface area contributed by atoms with Crippen LogP contribution in [-0.2, 0) is 0 Å². The van der Waals surface area contributed by atoms with Gasteiger partial charge in [-0.15, -0.1) is 0 Å². The molecule has 4 heteroatoms. The Morgan fingerprint density at radius 2 is 1.69 bits per heavy atom. The zero-order valence-corrected chi connectivity index (χ0v) is 20.5. The third-order valence-electron chi connectivity index (χ3n) is 5.16. The standard InChI is InChI=1S/C23H26N2O2.C3H8.C2H6/c1-17-3-5-19(6-4-17)22-16-27-23-15-20(7-8-21(23)18(22)2)26-14-13-25-11-9-24-10-12-25;1-3-2;1-2/h3-8,15-16,24H,2,9-14H2,1H3;3H2,1-2H3;1-2H3. The van der Waals surface area contributed by atoms with Gasteiger partial charge in [0.2, 0.25) is 0 Å². The summed E-state index contributed by atoms with van der Waals surface area (Å²) in [5.41, 5.74) is 5.38. The van der Waals surface area contributed by atoms with Gasteiger partial charge in [-0.1, -0.05) is 70.5 Å². The summed E-state index contributed by atoms with van der Waals surface area (Å²) >= 11 is 0. The van der Waals surface area contributed by atoms with Crippen LogP contribution in [0.3, 0.4) is 0 Å². The highest BCUT2D eigenvalue weighted by Gasteiger charge is 2.19. The summed E-state index contributed by atoms with van der Waals surface area (Å²) in [5.74, 6) is 1.64. The van der Waals surface area contributed by atoms with E-state index >= 15 is 0 Å². The quantitative estimate of drug-likeness (QED) is 0.608. The van der Waals surface area contributed by atoms with Gasteiger partial charge >= 0.3 is 0 Å². The van der Waals surface area contributed by atoms with E-state index < -0.39 is 0 Å². The Morgan fingerprint density at radius 3 is 2.34 bits per heavy atom. The van der Waals surface area contributed by atoms with Crippen molar-refractivity contribution in [3.05, 3.63) is 72.0 Å². The van der Waals surface area contributed by atoms with Crippen LogP contribution in [0.15, 0.2) is 55.3 Å². The lowest BCUT2D eigenvalue weighted by atomic mass is 9.92. The molecule has 2 heterocycles. The minimum absolute atomic E-state index is 0.685. The molecule has 0 bridgehead atoms. The summed E-state index contributed by atoms with van der Waals surface area (Å²) in [6, 6.07) is 14.4. The van der Waals surface area contributed by atoms with Crippen LogP contribution in [0, 0.1) is 6.92 Å². The van der Waals surface area contributed by atoms with E-state index in [0.717, 1.165) is 66.5 Å². The van der Waals surface area contributed by atoms with Crippen molar-refractivity contribution in [2.24, 2.45) is 0 Å².